The third kappa shape index (κ3) is 6.94. The van der Waals surface area contributed by atoms with Gasteiger partial charge >= 0.3 is 0 Å². The van der Waals surface area contributed by atoms with Crippen molar-refractivity contribution < 1.29 is 9.84 Å². The minimum absolute atomic E-state index is 0.0532. The maximum atomic E-state index is 10.0. The van der Waals surface area contributed by atoms with Gasteiger partial charge in [0.15, 0.2) is 0 Å². The van der Waals surface area contributed by atoms with Crippen molar-refractivity contribution in [2.45, 2.75) is 91.8 Å². The van der Waals surface area contributed by atoms with Crippen LogP contribution in [0.2, 0.25) is 0 Å². The Hall–Kier alpha value is -0.860. The van der Waals surface area contributed by atoms with Gasteiger partial charge in [-0.25, -0.2) is 0 Å². The molecule has 2 atom stereocenters. The Balaban J connectivity index is 2.66. The van der Waals surface area contributed by atoms with Crippen molar-refractivity contribution in [3.8, 4) is 0 Å². The second-order valence-corrected chi connectivity index (χ2v) is 9.36. The first kappa shape index (κ1) is 21.2. The van der Waals surface area contributed by atoms with E-state index in [1.54, 1.807) is 0 Å². The predicted octanol–water partition coefficient (Wildman–Crippen LogP) is 6.03. The van der Waals surface area contributed by atoms with Crippen LogP contribution in [0, 0.1) is 5.41 Å². The Morgan fingerprint density at radius 1 is 1.00 bits per heavy atom. The fraction of sp³-hybridized carbons (Fsp3) is 0.727. The molecule has 0 aliphatic carbocycles. The van der Waals surface area contributed by atoms with E-state index < -0.39 is 5.60 Å². The number of benzene rings is 1. The summed E-state index contributed by atoms with van der Waals surface area (Å²) in [6, 6.07) is 8.84. The summed E-state index contributed by atoms with van der Waals surface area (Å²) in [5.74, 6) is 0. The van der Waals surface area contributed by atoms with E-state index in [0.29, 0.717) is 18.4 Å². The summed E-state index contributed by atoms with van der Waals surface area (Å²) in [7, 11) is 0. The summed E-state index contributed by atoms with van der Waals surface area (Å²) in [4.78, 5) is 0. The van der Waals surface area contributed by atoms with Crippen LogP contribution in [0.15, 0.2) is 24.3 Å². The Kier molecular flexibility index (Phi) is 7.07. The lowest BCUT2D eigenvalue weighted by molar-refractivity contribution is -0.00857. The molecule has 0 bridgehead atoms. The first-order valence-electron chi connectivity index (χ1n) is 9.31. The van der Waals surface area contributed by atoms with Crippen LogP contribution in [0.1, 0.15) is 91.9 Å². The lowest BCUT2D eigenvalue weighted by Crippen LogP contribution is -2.25. The Labute approximate surface area is 149 Å². The SMILES string of the molecule is CCC(C)(O)CCOC(C)c1ccc(C(C)(C)CC(C)(C)C)cc1. The molecule has 0 saturated carbocycles. The second-order valence-electron chi connectivity index (χ2n) is 9.36. The minimum atomic E-state index is -0.624. The lowest BCUT2D eigenvalue weighted by Gasteiger charge is -2.33. The Morgan fingerprint density at radius 2 is 1.54 bits per heavy atom. The van der Waals surface area contributed by atoms with Crippen molar-refractivity contribution in [2.24, 2.45) is 5.41 Å². The minimum Gasteiger partial charge on any atom is -0.390 e. The molecule has 0 aromatic heterocycles. The first-order valence-corrected chi connectivity index (χ1v) is 9.31. The van der Waals surface area contributed by atoms with Crippen LogP contribution in [-0.4, -0.2) is 17.3 Å². The summed E-state index contributed by atoms with van der Waals surface area (Å²) >= 11 is 0. The van der Waals surface area contributed by atoms with Gasteiger partial charge in [-0.1, -0.05) is 65.8 Å². The number of ether oxygens (including phenoxy) is 1. The fourth-order valence-corrected chi connectivity index (χ4v) is 3.36. The Bertz CT molecular complexity index is 492. The zero-order valence-electron chi connectivity index (χ0n) is 17.1. The van der Waals surface area contributed by atoms with Crippen molar-refractivity contribution in [3.63, 3.8) is 0 Å². The smallest absolute Gasteiger partial charge is 0.0796 e. The van der Waals surface area contributed by atoms with Gasteiger partial charge in [-0.3, -0.25) is 0 Å². The summed E-state index contributed by atoms with van der Waals surface area (Å²) in [6.45, 7) is 18.1. The molecule has 138 valence electrons. The van der Waals surface area contributed by atoms with Crippen LogP contribution < -0.4 is 0 Å². The number of aliphatic hydroxyl groups is 1. The summed E-state index contributed by atoms with van der Waals surface area (Å²) < 4.78 is 5.91. The molecule has 0 radical (unpaired) electrons. The highest BCUT2D eigenvalue weighted by atomic mass is 16.5. The van der Waals surface area contributed by atoms with Crippen LogP contribution in [0.3, 0.4) is 0 Å². The standard InChI is InChI=1S/C22H38O2/c1-9-22(8,23)14-15-24-17(2)18-10-12-19(13-11-18)21(6,7)16-20(3,4)5/h10-13,17,23H,9,14-16H2,1-8H3. The fourth-order valence-electron chi connectivity index (χ4n) is 3.36. The highest BCUT2D eigenvalue weighted by Crippen LogP contribution is 2.36. The molecule has 1 N–H and O–H groups in total. The molecule has 24 heavy (non-hydrogen) atoms. The monoisotopic (exact) mass is 334 g/mol. The predicted molar refractivity (Wildman–Crippen MR) is 103 cm³/mol. The van der Waals surface area contributed by atoms with Crippen LogP contribution in [0.4, 0.5) is 0 Å². The molecule has 0 aliphatic heterocycles. The van der Waals surface area contributed by atoms with Gasteiger partial charge in [0.25, 0.3) is 0 Å². The molecule has 1 aromatic carbocycles. The van der Waals surface area contributed by atoms with E-state index in [2.05, 4.69) is 65.8 Å². The molecule has 2 nitrogen and oxygen atoms in total. The van der Waals surface area contributed by atoms with Crippen molar-refractivity contribution in [1.29, 1.82) is 0 Å². The third-order valence-electron chi connectivity index (χ3n) is 4.90. The van der Waals surface area contributed by atoms with Crippen molar-refractivity contribution in [1.82, 2.24) is 0 Å². The molecule has 1 rings (SSSR count). The van der Waals surface area contributed by atoms with E-state index in [9.17, 15) is 5.11 Å². The summed E-state index contributed by atoms with van der Waals surface area (Å²) in [5.41, 5.74) is 2.43. The quantitative estimate of drug-likeness (QED) is 0.629. The second kappa shape index (κ2) is 8.01. The first-order chi connectivity index (χ1) is 10.9. The maximum absolute atomic E-state index is 10.0. The average molecular weight is 335 g/mol. The van der Waals surface area contributed by atoms with Gasteiger partial charge < -0.3 is 9.84 Å². The molecule has 0 amide bonds. The molecule has 1 aromatic rings. The van der Waals surface area contributed by atoms with Gasteiger partial charge in [0.2, 0.25) is 0 Å². The highest BCUT2D eigenvalue weighted by molar-refractivity contribution is 5.29. The molecule has 0 aliphatic rings. The zero-order chi connectivity index (χ0) is 18.6. The van der Waals surface area contributed by atoms with Crippen molar-refractivity contribution in [2.75, 3.05) is 6.61 Å². The summed E-state index contributed by atoms with van der Waals surface area (Å²) in [6.07, 6.45) is 2.63. The third-order valence-corrected chi connectivity index (χ3v) is 4.90. The van der Waals surface area contributed by atoms with E-state index >= 15 is 0 Å². The number of hydrogen-bond donors (Lipinski definition) is 1. The Morgan fingerprint density at radius 3 is 2.00 bits per heavy atom. The van der Waals surface area contributed by atoms with Crippen LogP contribution in [0.25, 0.3) is 0 Å². The van der Waals surface area contributed by atoms with Crippen molar-refractivity contribution >= 4 is 0 Å². The zero-order valence-corrected chi connectivity index (χ0v) is 17.1. The molecule has 0 spiro atoms. The van der Waals surface area contributed by atoms with E-state index in [1.165, 1.54) is 11.1 Å². The van der Waals surface area contributed by atoms with E-state index in [1.807, 2.05) is 13.8 Å². The van der Waals surface area contributed by atoms with Gasteiger partial charge in [-0.2, -0.15) is 0 Å². The van der Waals surface area contributed by atoms with E-state index in [-0.39, 0.29) is 11.5 Å². The van der Waals surface area contributed by atoms with Gasteiger partial charge in [0, 0.05) is 0 Å². The van der Waals surface area contributed by atoms with Gasteiger partial charge in [-0.15, -0.1) is 0 Å². The molecular weight excluding hydrogens is 296 g/mol. The van der Waals surface area contributed by atoms with Gasteiger partial charge in [0.1, 0.15) is 0 Å². The van der Waals surface area contributed by atoms with E-state index in [4.69, 9.17) is 4.74 Å². The number of rotatable bonds is 8. The highest BCUT2D eigenvalue weighted by Gasteiger charge is 2.27. The van der Waals surface area contributed by atoms with E-state index in [0.717, 1.165) is 12.8 Å². The normalized spacial score (nSPS) is 16.7. The molecule has 0 heterocycles. The van der Waals surface area contributed by atoms with Crippen LogP contribution in [0.5, 0.6) is 0 Å². The maximum Gasteiger partial charge on any atom is 0.0796 e. The topological polar surface area (TPSA) is 29.5 Å². The molecular formula is C22H38O2. The molecule has 0 saturated heterocycles. The molecule has 2 heteroatoms. The summed E-state index contributed by atoms with van der Waals surface area (Å²) in [5, 5.41) is 10.0. The largest absolute Gasteiger partial charge is 0.390 e. The molecule has 2 unspecified atom stereocenters. The molecule has 0 fully saturated rings. The average Bonchev–Trinajstić information content (AvgIpc) is 2.44. The van der Waals surface area contributed by atoms with Crippen molar-refractivity contribution in [3.05, 3.63) is 35.4 Å². The van der Waals surface area contributed by atoms with Gasteiger partial charge in [-0.05, 0) is 55.1 Å². The lowest BCUT2D eigenvalue weighted by atomic mass is 9.72. The number of hydrogen-bond acceptors (Lipinski definition) is 2. The van der Waals surface area contributed by atoms with Crippen LogP contribution >= 0.6 is 0 Å². The van der Waals surface area contributed by atoms with Gasteiger partial charge in [0.05, 0.1) is 18.3 Å². The van der Waals surface area contributed by atoms with Crippen LogP contribution in [-0.2, 0) is 10.2 Å².